The number of benzene rings is 2. The molecule has 0 aliphatic heterocycles. The third-order valence-corrected chi connectivity index (χ3v) is 6.86. The summed E-state index contributed by atoms with van der Waals surface area (Å²) in [4.78, 5) is 10.8. The number of ether oxygens (including phenoxy) is 1. The van der Waals surface area contributed by atoms with Crippen molar-refractivity contribution in [2.45, 2.75) is 23.0 Å². The quantitative estimate of drug-likeness (QED) is 0.412. The number of nitrogens with zero attached hydrogens (tertiary/aromatic N) is 1. The Kier molecular flexibility index (Phi) is 6.23. The van der Waals surface area contributed by atoms with Gasteiger partial charge in [0.1, 0.15) is 0 Å². The maximum Gasteiger partial charge on any atom is 0.321 e. The van der Waals surface area contributed by atoms with Crippen LogP contribution in [0, 0.1) is 22.0 Å². The van der Waals surface area contributed by atoms with Gasteiger partial charge < -0.3 is 9.84 Å². The minimum Gasteiger partial charge on any atom is -0.389 e. The Hall–Kier alpha value is -2.55. The molecule has 2 aromatic rings. The number of nitro groups is 1. The lowest BCUT2D eigenvalue weighted by molar-refractivity contribution is -0.505. The molecule has 1 aliphatic rings. The lowest BCUT2D eigenvalue weighted by Crippen LogP contribution is -2.42. The van der Waals surface area contributed by atoms with Crippen LogP contribution >= 0.6 is 0 Å². The van der Waals surface area contributed by atoms with Crippen LogP contribution in [-0.2, 0) is 21.2 Å². The number of hydrogen-bond donors (Lipinski definition) is 1. The second-order valence-electron chi connectivity index (χ2n) is 6.65. The Morgan fingerprint density at radius 1 is 1.04 bits per heavy atom. The molecule has 2 aromatic carbocycles. The van der Waals surface area contributed by atoms with Gasteiger partial charge in [0.2, 0.25) is 9.84 Å². The standard InChI is InChI=1S/C20H21NO6S/c22-19-12-11-17(18(19)14-27-13-15-7-3-1-4-8-15)20(21(23)24)28(25,26)16-9-5-2-6-10-16/h1-12,17-20,22H,13-14H2/t17-,18-,19-,20?/m0/s1. The molecule has 1 unspecified atom stereocenters. The van der Waals surface area contributed by atoms with E-state index in [2.05, 4.69) is 0 Å². The van der Waals surface area contributed by atoms with Crippen LogP contribution in [0.3, 0.4) is 0 Å². The summed E-state index contributed by atoms with van der Waals surface area (Å²) >= 11 is 0. The van der Waals surface area contributed by atoms with Crippen LogP contribution in [0.1, 0.15) is 5.56 Å². The van der Waals surface area contributed by atoms with Crippen LogP contribution in [0.2, 0.25) is 0 Å². The highest BCUT2D eigenvalue weighted by Crippen LogP contribution is 2.35. The van der Waals surface area contributed by atoms with Gasteiger partial charge in [-0.25, -0.2) is 8.42 Å². The lowest BCUT2D eigenvalue weighted by Gasteiger charge is -2.24. The van der Waals surface area contributed by atoms with Crippen LogP contribution < -0.4 is 0 Å². The Balaban J connectivity index is 1.79. The van der Waals surface area contributed by atoms with Crippen LogP contribution in [0.5, 0.6) is 0 Å². The van der Waals surface area contributed by atoms with Crippen molar-refractivity contribution in [2.75, 3.05) is 6.61 Å². The highest BCUT2D eigenvalue weighted by Gasteiger charge is 2.50. The molecule has 3 rings (SSSR count). The first-order chi connectivity index (χ1) is 13.4. The summed E-state index contributed by atoms with van der Waals surface area (Å²) < 4.78 is 31.5. The third-order valence-electron chi connectivity index (χ3n) is 4.81. The Labute approximate surface area is 163 Å². The van der Waals surface area contributed by atoms with Crippen LogP contribution in [0.25, 0.3) is 0 Å². The summed E-state index contributed by atoms with van der Waals surface area (Å²) in [5, 5.41) is 20.1. The molecule has 148 valence electrons. The summed E-state index contributed by atoms with van der Waals surface area (Å²) in [6.45, 7) is 0.272. The topological polar surface area (TPSA) is 107 Å². The van der Waals surface area contributed by atoms with E-state index in [4.69, 9.17) is 4.74 Å². The van der Waals surface area contributed by atoms with Gasteiger partial charge in [-0.1, -0.05) is 60.7 Å². The second-order valence-corrected chi connectivity index (χ2v) is 8.70. The monoisotopic (exact) mass is 403 g/mol. The first-order valence-corrected chi connectivity index (χ1v) is 10.4. The molecule has 1 aliphatic carbocycles. The van der Waals surface area contributed by atoms with E-state index in [1.807, 2.05) is 30.3 Å². The van der Waals surface area contributed by atoms with Crippen molar-refractivity contribution < 1.29 is 23.2 Å². The van der Waals surface area contributed by atoms with E-state index in [-0.39, 0.29) is 18.1 Å². The molecule has 0 radical (unpaired) electrons. The molecule has 1 N–H and O–H groups in total. The number of sulfone groups is 1. The zero-order valence-corrected chi connectivity index (χ0v) is 15.8. The van der Waals surface area contributed by atoms with Gasteiger partial charge in [-0.3, -0.25) is 10.1 Å². The van der Waals surface area contributed by atoms with Crippen LogP contribution in [0.4, 0.5) is 0 Å². The molecule has 0 saturated heterocycles. The normalized spacial score (nSPS) is 22.8. The predicted octanol–water partition coefficient (Wildman–Crippen LogP) is 2.44. The van der Waals surface area contributed by atoms with Gasteiger partial charge >= 0.3 is 5.37 Å². The third kappa shape index (κ3) is 4.30. The van der Waals surface area contributed by atoms with Crippen LogP contribution in [-0.4, -0.2) is 36.5 Å². The molecule has 0 fully saturated rings. The first-order valence-electron chi connectivity index (χ1n) is 8.82. The maximum atomic E-state index is 12.9. The fraction of sp³-hybridized carbons (Fsp3) is 0.300. The first kappa shape index (κ1) is 20.2. The smallest absolute Gasteiger partial charge is 0.321 e. The van der Waals surface area contributed by atoms with Crippen molar-refractivity contribution in [3.8, 4) is 0 Å². The summed E-state index contributed by atoms with van der Waals surface area (Å²) in [5.74, 6) is -1.72. The van der Waals surface area contributed by atoms with E-state index in [1.165, 1.54) is 36.4 Å². The molecule has 0 amide bonds. The summed E-state index contributed by atoms with van der Waals surface area (Å²) in [6.07, 6.45) is 1.81. The minimum absolute atomic E-state index is 0.00236. The summed E-state index contributed by atoms with van der Waals surface area (Å²) in [7, 11) is -4.23. The molecule has 28 heavy (non-hydrogen) atoms. The Morgan fingerprint density at radius 2 is 1.64 bits per heavy atom. The van der Waals surface area contributed by atoms with Gasteiger partial charge in [0.25, 0.3) is 0 Å². The average Bonchev–Trinajstić information content (AvgIpc) is 3.03. The molecular formula is C20H21NO6S. The molecule has 0 aromatic heterocycles. The summed E-state index contributed by atoms with van der Waals surface area (Å²) in [5.41, 5.74) is 0.919. The van der Waals surface area contributed by atoms with Gasteiger partial charge in [0.05, 0.1) is 30.1 Å². The Bertz CT molecular complexity index is 930. The van der Waals surface area contributed by atoms with Gasteiger partial charge in [-0.15, -0.1) is 0 Å². The molecule has 0 saturated carbocycles. The van der Waals surface area contributed by atoms with Crippen molar-refractivity contribution in [3.05, 3.63) is 88.5 Å². The fourth-order valence-electron chi connectivity index (χ4n) is 3.37. The van der Waals surface area contributed by atoms with Crippen LogP contribution in [0.15, 0.2) is 77.7 Å². The fourth-order valence-corrected chi connectivity index (χ4v) is 5.12. The van der Waals surface area contributed by atoms with Crippen molar-refractivity contribution >= 4 is 9.84 Å². The average molecular weight is 403 g/mol. The van der Waals surface area contributed by atoms with E-state index in [0.717, 1.165) is 5.56 Å². The number of hydrogen-bond acceptors (Lipinski definition) is 6. The number of rotatable bonds is 8. The molecule has 8 heteroatoms. The maximum absolute atomic E-state index is 12.9. The zero-order chi connectivity index (χ0) is 20.1. The summed E-state index contributed by atoms with van der Waals surface area (Å²) in [6, 6.07) is 16.7. The molecular weight excluding hydrogens is 382 g/mol. The largest absolute Gasteiger partial charge is 0.389 e. The van der Waals surface area contributed by atoms with Gasteiger partial charge in [0.15, 0.2) is 0 Å². The van der Waals surface area contributed by atoms with Crippen molar-refractivity contribution in [1.29, 1.82) is 0 Å². The van der Waals surface area contributed by atoms with Gasteiger partial charge in [-0.05, 0) is 17.7 Å². The van der Waals surface area contributed by atoms with E-state index in [9.17, 15) is 23.6 Å². The molecule has 4 atom stereocenters. The minimum atomic E-state index is -4.23. The molecule has 0 heterocycles. The second kappa shape index (κ2) is 8.64. The van der Waals surface area contributed by atoms with Gasteiger partial charge in [0, 0.05) is 10.8 Å². The predicted molar refractivity (Wildman–Crippen MR) is 103 cm³/mol. The molecule has 7 nitrogen and oxygen atoms in total. The van der Waals surface area contributed by atoms with Crippen molar-refractivity contribution in [3.63, 3.8) is 0 Å². The van der Waals surface area contributed by atoms with Crippen molar-refractivity contribution in [2.24, 2.45) is 11.8 Å². The van der Waals surface area contributed by atoms with Crippen molar-refractivity contribution in [1.82, 2.24) is 0 Å². The highest BCUT2D eigenvalue weighted by atomic mass is 32.2. The number of aliphatic hydroxyl groups excluding tert-OH is 1. The van der Waals surface area contributed by atoms with Gasteiger partial charge in [-0.2, -0.15) is 0 Å². The lowest BCUT2D eigenvalue weighted by atomic mass is 9.94. The van der Waals surface area contributed by atoms with E-state index >= 15 is 0 Å². The van der Waals surface area contributed by atoms with E-state index in [0.29, 0.717) is 0 Å². The zero-order valence-electron chi connectivity index (χ0n) is 15.0. The number of aliphatic hydroxyl groups is 1. The molecule has 0 bridgehead atoms. The highest BCUT2D eigenvalue weighted by molar-refractivity contribution is 7.91. The van der Waals surface area contributed by atoms with E-state index in [1.54, 1.807) is 6.07 Å². The molecule has 0 spiro atoms. The Morgan fingerprint density at radius 3 is 2.25 bits per heavy atom. The SMILES string of the molecule is O=[N+]([O-])C([C@H]1C=C[C@H](O)[C@H]1COCc1ccccc1)S(=O)(=O)c1ccccc1. The van der Waals surface area contributed by atoms with E-state index < -0.39 is 38.1 Å².